The number of fused-ring (bicyclic) bond motifs is 1. The molecule has 6 nitrogen and oxygen atoms in total. The molecule has 1 heterocycles. The number of hydrogen-bond donors (Lipinski definition) is 0. The van der Waals surface area contributed by atoms with Gasteiger partial charge >= 0.3 is 0 Å². The summed E-state index contributed by atoms with van der Waals surface area (Å²) < 4.78 is 21.9. The van der Waals surface area contributed by atoms with Crippen molar-refractivity contribution < 1.29 is 28.5 Å². The summed E-state index contributed by atoms with van der Waals surface area (Å²) in [4.78, 5) is 25.0. The molecule has 1 aliphatic heterocycles. The van der Waals surface area contributed by atoms with Gasteiger partial charge < -0.3 is 18.9 Å². The molecule has 6 heteroatoms. The van der Waals surface area contributed by atoms with Crippen LogP contribution in [0, 0.1) is 5.92 Å². The van der Waals surface area contributed by atoms with Crippen molar-refractivity contribution in [3.63, 3.8) is 0 Å². The van der Waals surface area contributed by atoms with Gasteiger partial charge in [-0.2, -0.15) is 0 Å². The Morgan fingerprint density at radius 2 is 1.87 bits per heavy atom. The minimum Gasteiger partial charge on any atom is -0.496 e. The number of allylic oxidation sites excluding steroid dienone is 1. The van der Waals surface area contributed by atoms with Gasteiger partial charge in [0.15, 0.2) is 11.5 Å². The van der Waals surface area contributed by atoms with E-state index in [9.17, 15) is 9.59 Å². The molecule has 0 bridgehead atoms. The molecule has 3 rings (SSSR count). The SMILES string of the molecule is COC1=CC(=O)C[C@@H](C)[C@@]12Oc1cc(OC)cc(OC)c1C2=O. The van der Waals surface area contributed by atoms with Crippen molar-refractivity contribution in [2.75, 3.05) is 21.3 Å². The lowest BCUT2D eigenvalue weighted by atomic mass is 9.75. The summed E-state index contributed by atoms with van der Waals surface area (Å²) in [6.07, 6.45) is 1.56. The average molecular weight is 318 g/mol. The summed E-state index contributed by atoms with van der Waals surface area (Å²) in [5.74, 6) is 0.787. The highest BCUT2D eigenvalue weighted by molar-refractivity contribution is 6.13. The van der Waals surface area contributed by atoms with Crippen LogP contribution in [0.3, 0.4) is 0 Å². The third-order valence-corrected chi connectivity index (χ3v) is 4.41. The van der Waals surface area contributed by atoms with Gasteiger partial charge in [-0.1, -0.05) is 6.92 Å². The van der Waals surface area contributed by atoms with Crippen molar-refractivity contribution in [2.24, 2.45) is 5.92 Å². The molecule has 2 aliphatic rings. The zero-order chi connectivity index (χ0) is 16.8. The molecule has 1 aromatic rings. The molecule has 2 atom stereocenters. The van der Waals surface area contributed by atoms with Gasteiger partial charge in [0.05, 0.1) is 21.3 Å². The Labute approximate surface area is 134 Å². The highest BCUT2D eigenvalue weighted by Gasteiger charge is 2.59. The summed E-state index contributed by atoms with van der Waals surface area (Å²) >= 11 is 0. The molecule has 0 aromatic heterocycles. The van der Waals surface area contributed by atoms with Crippen LogP contribution >= 0.6 is 0 Å². The van der Waals surface area contributed by atoms with E-state index in [0.717, 1.165) is 0 Å². The molecular weight excluding hydrogens is 300 g/mol. The van der Waals surface area contributed by atoms with E-state index in [1.807, 2.05) is 0 Å². The second-order valence-corrected chi connectivity index (χ2v) is 5.65. The fourth-order valence-corrected chi connectivity index (χ4v) is 3.25. The Hall–Kier alpha value is -2.50. The lowest BCUT2D eigenvalue weighted by molar-refractivity contribution is -0.118. The van der Waals surface area contributed by atoms with Crippen LogP contribution in [-0.2, 0) is 9.53 Å². The first-order valence-corrected chi connectivity index (χ1v) is 7.26. The molecular formula is C17H18O6. The number of rotatable bonds is 3. The highest BCUT2D eigenvalue weighted by Crippen LogP contribution is 2.50. The number of ketones is 2. The van der Waals surface area contributed by atoms with E-state index in [1.165, 1.54) is 27.4 Å². The van der Waals surface area contributed by atoms with Gasteiger partial charge in [0, 0.05) is 30.5 Å². The lowest BCUT2D eigenvalue weighted by Crippen LogP contribution is -2.51. The second-order valence-electron chi connectivity index (χ2n) is 5.65. The van der Waals surface area contributed by atoms with Gasteiger partial charge in [-0.3, -0.25) is 9.59 Å². The van der Waals surface area contributed by atoms with Gasteiger partial charge in [-0.05, 0) is 0 Å². The first-order valence-electron chi connectivity index (χ1n) is 7.26. The highest BCUT2D eigenvalue weighted by atomic mass is 16.6. The zero-order valence-electron chi connectivity index (χ0n) is 13.5. The van der Waals surface area contributed by atoms with Crippen LogP contribution in [0.15, 0.2) is 24.0 Å². The Morgan fingerprint density at radius 3 is 2.48 bits per heavy atom. The van der Waals surface area contributed by atoms with E-state index in [1.54, 1.807) is 19.1 Å². The Kier molecular flexibility index (Phi) is 3.55. The van der Waals surface area contributed by atoms with Gasteiger partial charge in [-0.15, -0.1) is 0 Å². The predicted molar refractivity (Wildman–Crippen MR) is 81.1 cm³/mol. The maximum atomic E-state index is 13.2. The van der Waals surface area contributed by atoms with Crippen LogP contribution in [0.4, 0.5) is 0 Å². The summed E-state index contributed by atoms with van der Waals surface area (Å²) in [6, 6.07) is 3.27. The van der Waals surface area contributed by atoms with Crippen LogP contribution in [0.1, 0.15) is 23.7 Å². The smallest absolute Gasteiger partial charge is 0.231 e. The summed E-state index contributed by atoms with van der Waals surface area (Å²) in [5.41, 5.74) is -0.984. The number of hydrogen-bond acceptors (Lipinski definition) is 6. The Morgan fingerprint density at radius 1 is 1.13 bits per heavy atom. The van der Waals surface area contributed by atoms with E-state index in [-0.39, 0.29) is 29.7 Å². The lowest BCUT2D eigenvalue weighted by Gasteiger charge is -2.36. The second kappa shape index (κ2) is 5.30. The Bertz CT molecular complexity index is 720. The van der Waals surface area contributed by atoms with Crippen LogP contribution in [-0.4, -0.2) is 38.5 Å². The van der Waals surface area contributed by atoms with Crippen molar-refractivity contribution in [1.29, 1.82) is 0 Å². The van der Waals surface area contributed by atoms with E-state index in [2.05, 4.69) is 0 Å². The number of benzene rings is 1. The van der Waals surface area contributed by atoms with Crippen molar-refractivity contribution in [2.45, 2.75) is 18.9 Å². The monoisotopic (exact) mass is 318 g/mol. The van der Waals surface area contributed by atoms with E-state index in [4.69, 9.17) is 18.9 Å². The molecule has 1 aromatic carbocycles. The van der Waals surface area contributed by atoms with Gasteiger partial charge in [0.2, 0.25) is 11.4 Å². The molecule has 0 amide bonds. The Balaban J connectivity index is 2.20. The minimum atomic E-state index is -1.33. The molecule has 23 heavy (non-hydrogen) atoms. The number of methoxy groups -OCH3 is 3. The molecule has 1 aliphatic carbocycles. The fourth-order valence-electron chi connectivity index (χ4n) is 3.25. The molecule has 0 N–H and O–H groups in total. The summed E-state index contributed by atoms with van der Waals surface area (Å²) in [5, 5.41) is 0. The van der Waals surface area contributed by atoms with Crippen molar-refractivity contribution in [1.82, 2.24) is 0 Å². The number of ether oxygens (including phenoxy) is 4. The average Bonchev–Trinajstić information content (AvgIpc) is 2.84. The maximum Gasteiger partial charge on any atom is 0.231 e. The van der Waals surface area contributed by atoms with Crippen molar-refractivity contribution in [3.05, 3.63) is 29.5 Å². The van der Waals surface area contributed by atoms with Crippen LogP contribution in [0.5, 0.6) is 17.2 Å². The molecule has 0 saturated carbocycles. The van der Waals surface area contributed by atoms with Crippen LogP contribution in [0.2, 0.25) is 0 Å². The minimum absolute atomic E-state index is 0.0862. The van der Waals surface area contributed by atoms with Crippen molar-refractivity contribution >= 4 is 11.6 Å². The normalized spacial score (nSPS) is 25.7. The standard InChI is InChI=1S/C17H18O6/c1-9-5-10(18)6-14(22-4)17(9)16(19)15-12(21-3)7-11(20-2)8-13(15)23-17/h6-9H,5H2,1-4H3/t9-,17-/m1/s1. The van der Waals surface area contributed by atoms with Crippen LogP contribution < -0.4 is 14.2 Å². The molecule has 0 fully saturated rings. The number of carbonyl (C=O) groups is 2. The van der Waals surface area contributed by atoms with E-state index in [0.29, 0.717) is 22.8 Å². The van der Waals surface area contributed by atoms with Gasteiger partial charge in [0.1, 0.15) is 22.8 Å². The van der Waals surface area contributed by atoms with Crippen LogP contribution in [0.25, 0.3) is 0 Å². The summed E-state index contributed by atoms with van der Waals surface area (Å²) in [7, 11) is 4.43. The molecule has 1 spiro atoms. The third kappa shape index (κ3) is 2.01. The molecule has 122 valence electrons. The first kappa shape index (κ1) is 15.4. The maximum absolute atomic E-state index is 13.2. The van der Waals surface area contributed by atoms with E-state index >= 15 is 0 Å². The topological polar surface area (TPSA) is 71.1 Å². The molecule has 0 unspecified atom stereocenters. The predicted octanol–water partition coefficient (Wildman–Crippen LogP) is 2.16. The first-order chi connectivity index (χ1) is 11.0. The van der Waals surface area contributed by atoms with Gasteiger partial charge in [0.25, 0.3) is 0 Å². The molecule has 0 radical (unpaired) electrons. The number of carbonyl (C=O) groups excluding carboxylic acids is 2. The fraction of sp³-hybridized carbons (Fsp3) is 0.412. The van der Waals surface area contributed by atoms with Gasteiger partial charge in [-0.25, -0.2) is 0 Å². The zero-order valence-corrected chi connectivity index (χ0v) is 13.5. The van der Waals surface area contributed by atoms with E-state index < -0.39 is 5.60 Å². The third-order valence-electron chi connectivity index (χ3n) is 4.41. The summed E-state index contributed by atoms with van der Waals surface area (Å²) in [6.45, 7) is 1.80. The molecule has 0 saturated heterocycles. The number of Topliss-reactive ketones (excluding diaryl/α,β-unsaturated/α-hetero) is 1. The van der Waals surface area contributed by atoms with Crippen molar-refractivity contribution in [3.8, 4) is 17.2 Å². The quantitative estimate of drug-likeness (QED) is 0.850. The largest absolute Gasteiger partial charge is 0.496 e.